The average Bonchev–Trinajstić information content (AvgIpc) is 2.89. The summed E-state index contributed by atoms with van der Waals surface area (Å²) in [5, 5.41) is 26.9. The van der Waals surface area contributed by atoms with E-state index in [-0.39, 0.29) is 17.3 Å². The first-order chi connectivity index (χ1) is 17.1. The van der Waals surface area contributed by atoms with Gasteiger partial charge in [-0.1, -0.05) is 91.0 Å². The van der Waals surface area contributed by atoms with Crippen LogP contribution in [0.3, 0.4) is 0 Å². The predicted molar refractivity (Wildman–Crippen MR) is 141 cm³/mol. The molecule has 2 N–H and O–H groups in total. The standard InChI is InChI=1S/C32H21FO2/c33-24-14-8-13-21(17-24)28-19-23-12-5-7-16-26(23)30(32(28)35)29-25-15-6-4-11-22(25)18-27(31(29)34)20-9-2-1-3-10-20/h1-19,34-35H. The summed E-state index contributed by atoms with van der Waals surface area (Å²) in [5.74, 6) is -0.289. The summed E-state index contributed by atoms with van der Waals surface area (Å²) < 4.78 is 14.1. The van der Waals surface area contributed by atoms with Crippen LogP contribution < -0.4 is 0 Å². The van der Waals surface area contributed by atoms with Gasteiger partial charge in [-0.15, -0.1) is 0 Å². The lowest BCUT2D eigenvalue weighted by Gasteiger charge is -2.19. The molecule has 0 aliphatic heterocycles. The van der Waals surface area contributed by atoms with Crippen LogP contribution in [0.15, 0.2) is 115 Å². The summed E-state index contributed by atoms with van der Waals surface area (Å²) in [7, 11) is 0. The summed E-state index contributed by atoms with van der Waals surface area (Å²) in [6, 6.07) is 35.3. The van der Waals surface area contributed by atoms with Gasteiger partial charge >= 0.3 is 0 Å². The van der Waals surface area contributed by atoms with E-state index in [0.29, 0.717) is 27.8 Å². The van der Waals surface area contributed by atoms with Gasteiger partial charge in [0.2, 0.25) is 0 Å². The number of halogens is 1. The fraction of sp³-hybridized carbons (Fsp3) is 0. The molecule has 0 aromatic heterocycles. The summed E-state index contributed by atoms with van der Waals surface area (Å²) in [6.07, 6.45) is 0. The number of aromatic hydroxyl groups is 2. The first-order valence-corrected chi connectivity index (χ1v) is 11.4. The quantitative estimate of drug-likeness (QED) is 0.280. The van der Waals surface area contributed by atoms with Crippen molar-refractivity contribution in [3.63, 3.8) is 0 Å². The smallest absolute Gasteiger partial charge is 0.132 e. The maximum absolute atomic E-state index is 14.1. The number of phenolic OH excluding ortho intramolecular Hbond substituents is 2. The molecule has 0 spiro atoms. The van der Waals surface area contributed by atoms with Crippen molar-refractivity contribution in [2.75, 3.05) is 0 Å². The molecule has 0 saturated heterocycles. The molecule has 35 heavy (non-hydrogen) atoms. The lowest BCUT2D eigenvalue weighted by molar-refractivity contribution is 0.472. The molecule has 0 amide bonds. The first kappa shape index (κ1) is 20.9. The highest BCUT2D eigenvalue weighted by molar-refractivity contribution is 6.13. The number of hydrogen-bond donors (Lipinski definition) is 2. The summed E-state index contributed by atoms with van der Waals surface area (Å²) >= 11 is 0. The largest absolute Gasteiger partial charge is 0.507 e. The Hall–Kier alpha value is -4.63. The van der Waals surface area contributed by atoms with Crippen molar-refractivity contribution in [1.82, 2.24) is 0 Å². The zero-order chi connectivity index (χ0) is 23.9. The molecule has 0 atom stereocenters. The molecule has 2 nitrogen and oxygen atoms in total. The van der Waals surface area contributed by atoms with Crippen LogP contribution in [0, 0.1) is 5.82 Å². The van der Waals surface area contributed by atoms with Crippen LogP contribution in [0.25, 0.3) is 54.9 Å². The molecule has 0 aliphatic carbocycles. The number of phenols is 2. The second-order valence-corrected chi connectivity index (χ2v) is 8.61. The van der Waals surface area contributed by atoms with Crippen LogP contribution in [0.1, 0.15) is 0 Å². The average molecular weight is 457 g/mol. The van der Waals surface area contributed by atoms with Crippen molar-refractivity contribution in [2.45, 2.75) is 0 Å². The minimum atomic E-state index is -0.379. The van der Waals surface area contributed by atoms with Gasteiger partial charge < -0.3 is 10.2 Å². The van der Waals surface area contributed by atoms with E-state index >= 15 is 0 Å². The van der Waals surface area contributed by atoms with Crippen LogP contribution in [0.4, 0.5) is 4.39 Å². The van der Waals surface area contributed by atoms with E-state index < -0.39 is 0 Å². The van der Waals surface area contributed by atoms with Gasteiger partial charge in [-0.05, 0) is 56.9 Å². The minimum Gasteiger partial charge on any atom is -0.507 e. The lowest BCUT2D eigenvalue weighted by atomic mass is 9.86. The van der Waals surface area contributed by atoms with E-state index in [9.17, 15) is 14.6 Å². The molecule has 168 valence electrons. The van der Waals surface area contributed by atoms with Gasteiger partial charge in [0.1, 0.15) is 17.3 Å². The van der Waals surface area contributed by atoms with Crippen molar-refractivity contribution in [1.29, 1.82) is 0 Å². The van der Waals surface area contributed by atoms with E-state index in [2.05, 4.69) is 0 Å². The maximum Gasteiger partial charge on any atom is 0.132 e. The fourth-order valence-electron chi connectivity index (χ4n) is 4.89. The molecule has 0 fully saturated rings. The molecule has 0 heterocycles. The lowest BCUT2D eigenvalue weighted by Crippen LogP contribution is -1.92. The van der Waals surface area contributed by atoms with Crippen molar-refractivity contribution in [3.05, 3.63) is 121 Å². The molecular weight excluding hydrogens is 435 g/mol. The van der Waals surface area contributed by atoms with Gasteiger partial charge in [0.15, 0.2) is 0 Å². The maximum atomic E-state index is 14.1. The Kier molecular flexibility index (Phi) is 4.97. The second-order valence-electron chi connectivity index (χ2n) is 8.61. The molecule has 0 bridgehead atoms. The highest BCUT2D eigenvalue weighted by Gasteiger charge is 2.23. The van der Waals surface area contributed by atoms with Gasteiger partial charge in [0, 0.05) is 22.3 Å². The molecule has 0 aliphatic rings. The molecule has 0 saturated carbocycles. The summed E-state index contributed by atoms with van der Waals surface area (Å²) in [4.78, 5) is 0. The van der Waals surface area contributed by atoms with E-state index in [1.165, 1.54) is 12.1 Å². The number of rotatable bonds is 3. The third-order valence-corrected chi connectivity index (χ3v) is 6.51. The van der Waals surface area contributed by atoms with Crippen LogP contribution in [0.5, 0.6) is 11.5 Å². The summed E-state index contributed by atoms with van der Waals surface area (Å²) in [5.41, 5.74) is 3.70. The normalized spacial score (nSPS) is 11.2. The van der Waals surface area contributed by atoms with Crippen molar-refractivity contribution < 1.29 is 14.6 Å². The molecule has 6 aromatic carbocycles. The van der Waals surface area contributed by atoms with E-state index in [0.717, 1.165) is 27.1 Å². The first-order valence-electron chi connectivity index (χ1n) is 11.4. The van der Waals surface area contributed by atoms with Gasteiger partial charge in [0.25, 0.3) is 0 Å². The molecule has 0 unspecified atom stereocenters. The van der Waals surface area contributed by atoms with Crippen LogP contribution in [-0.2, 0) is 0 Å². The van der Waals surface area contributed by atoms with E-state index in [4.69, 9.17) is 0 Å². The van der Waals surface area contributed by atoms with E-state index in [1.807, 2.05) is 91.0 Å². The van der Waals surface area contributed by atoms with Crippen molar-refractivity contribution >= 4 is 21.5 Å². The van der Waals surface area contributed by atoms with Crippen LogP contribution in [-0.4, -0.2) is 10.2 Å². The van der Waals surface area contributed by atoms with Gasteiger partial charge in [-0.2, -0.15) is 0 Å². The van der Waals surface area contributed by atoms with Crippen LogP contribution >= 0.6 is 0 Å². The molecule has 6 rings (SSSR count). The molecule has 0 radical (unpaired) electrons. The Bertz CT molecular complexity index is 1720. The summed E-state index contributed by atoms with van der Waals surface area (Å²) in [6.45, 7) is 0. The van der Waals surface area contributed by atoms with Crippen LogP contribution in [0.2, 0.25) is 0 Å². The fourth-order valence-corrected chi connectivity index (χ4v) is 4.89. The third kappa shape index (κ3) is 3.49. The zero-order valence-electron chi connectivity index (χ0n) is 18.7. The van der Waals surface area contributed by atoms with E-state index in [1.54, 1.807) is 12.1 Å². The highest BCUT2D eigenvalue weighted by atomic mass is 19.1. The SMILES string of the molecule is Oc1c(-c2ccccc2)cc2ccccc2c1-c1c(O)c(-c2cccc(F)c2)cc2ccccc12. The highest BCUT2D eigenvalue weighted by Crippen LogP contribution is 2.51. The Labute approximate surface area is 202 Å². The Balaban J connectivity index is 1.78. The number of hydrogen-bond acceptors (Lipinski definition) is 2. The van der Waals surface area contributed by atoms with Gasteiger partial charge in [-0.3, -0.25) is 0 Å². The molecule has 6 aromatic rings. The Morgan fingerprint density at radius 2 is 0.943 bits per heavy atom. The van der Waals surface area contributed by atoms with Gasteiger partial charge in [0.05, 0.1) is 0 Å². The topological polar surface area (TPSA) is 40.5 Å². The molecular formula is C32H21FO2. The second kappa shape index (κ2) is 8.30. The van der Waals surface area contributed by atoms with Crippen molar-refractivity contribution in [2.24, 2.45) is 0 Å². The van der Waals surface area contributed by atoms with Gasteiger partial charge in [-0.25, -0.2) is 4.39 Å². The Morgan fingerprint density at radius 3 is 1.51 bits per heavy atom. The minimum absolute atomic E-state index is 0.0000326. The monoisotopic (exact) mass is 456 g/mol. The predicted octanol–water partition coefficient (Wildman–Crippen LogP) is 8.54. The zero-order valence-corrected chi connectivity index (χ0v) is 18.7. The molecule has 3 heteroatoms. The third-order valence-electron chi connectivity index (χ3n) is 6.51. The Morgan fingerprint density at radius 1 is 0.457 bits per heavy atom. The van der Waals surface area contributed by atoms with Crippen molar-refractivity contribution in [3.8, 4) is 44.9 Å². The number of benzene rings is 6. The number of fused-ring (bicyclic) bond motifs is 2.